The molecule has 1 heterocycles. The number of rotatable bonds is 6. The fraction of sp³-hybridized carbons (Fsp3) is 0.211. The first-order valence-electron chi connectivity index (χ1n) is 8.69. The minimum Gasteiger partial charge on any atom is -0.496 e. The van der Waals surface area contributed by atoms with Crippen LogP contribution in [0.3, 0.4) is 0 Å². The van der Waals surface area contributed by atoms with Crippen molar-refractivity contribution in [2.75, 3.05) is 14.9 Å². The normalized spacial score (nSPS) is 14.1. The molecule has 1 unspecified atom stereocenters. The Hall–Kier alpha value is -1.64. The van der Waals surface area contributed by atoms with E-state index in [0.29, 0.717) is 5.69 Å². The van der Waals surface area contributed by atoms with E-state index < -0.39 is 10.0 Å². The summed E-state index contributed by atoms with van der Waals surface area (Å²) in [4.78, 5) is 4.42. The predicted octanol–water partition coefficient (Wildman–Crippen LogP) is 4.14. The smallest absolute Gasteiger partial charge is 0.246 e. The monoisotopic (exact) mass is 527 g/mol. The van der Waals surface area contributed by atoms with Crippen LogP contribution >= 0.6 is 32.1 Å². The average molecular weight is 527 g/mol. The first kappa shape index (κ1) is 19.7. The summed E-state index contributed by atoms with van der Waals surface area (Å²) in [5.74, 6) is 0.769. The summed E-state index contributed by atoms with van der Waals surface area (Å²) in [5, 5.41) is 5.09. The van der Waals surface area contributed by atoms with Crippen LogP contribution in [0.4, 0.5) is 17.1 Å². The lowest BCUT2D eigenvalue weighted by Gasteiger charge is -2.17. The summed E-state index contributed by atoms with van der Waals surface area (Å²) < 4.78 is 31.5. The Balaban J connectivity index is 1.60. The number of benzene rings is 2. The highest BCUT2D eigenvalue weighted by Crippen LogP contribution is 2.36. The van der Waals surface area contributed by atoms with Gasteiger partial charge in [0, 0.05) is 34.3 Å². The largest absolute Gasteiger partial charge is 0.496 e. The van der Waals surface area contributed by atoms with E-state index in [1.165, 1.54) is 2.52 Å². The van der Waals surface area contributed by atoms with Crippen molar-refractivity contribution in [3.05, 3.63) is 48.7 Å². The summed E-state index contributed by atoms with van der Waals surface area (Å²) in [6, 6.07) is 13.2. The van der Waals surface area contributed by atoms with Crippen LogP contribution in [0.5, 0.6) is 5.75 Å². The molecule has 0 bridgehead atoms. The average Bonchev–Trinajstić information content (AvgIpc) is 3.54. The highest BCUT2D eigenvalue weighted by molar-refractivity contribution is 14.1. The fourth-order valence-electron chi connectivity index (χ4n) is 2.94. The number of hydrogen-bond donors (Lipinski definition) is 1. The first-order chi connectivity index (χ1) is 13.4. The molecule has 0 saturated heterocycles. The topological polar surface area (TPSA) is 71.5 Å². The van der Waals surface area contributed by atoms with Crippen LogP contribution in [-0.4, -0.2) is 25.8 Å². The van der Waals surface area contributed by atoms with Crippen molar-refractivity contribution >= 4 is 75.4 Å². The molecule has 2 aromatic carbocycles. The van der Waals surface area contributed by atoms with Crippen molar-refractivity contribution in [3.63, 3.8) is 0 Å². The van der Waals surface area contributed by atoms with Crippen LogP contribution in [-0.2, 0) is 10.0 Å². The quantitative estimate of drug-likeness (QED) is 0.297. The van der Waals surface area contributed by atoms with E-state index in [1.54, 1.807) is 13.3 Å². The number of sulfonamides is 1. The molecule has 6 nitrogen and oxygen atoms in total. The van der Waals surface area contributed by atoms with Gasteiger partial charge in [-0.25, -0.2) is 10.9 Å². The molecular weight excluding hydrogens is 508 g/mol. The van der Waals surface area contributed by atoms with Gasteiger partial charge in [-0.3, -0.25) is 4.98 Å². The van der Waals surface area contributed by atoms with E-state index in [-0.39, 0.29) is 5.25 Å². The van der Waals surface area contributed by atoms with E-state index >= 15 is 0 Å². The molecule has 3 aromatic rings. The standard InChI is InChI=1S/C19H19IN3O3PS/c1-26-18-11-17-15(10-19(18)27)16(8-9-21-17)22-12-2-4-13(5-3-12)23(20)28(24,25)14-6-7-14/h2-5,8-11,14H,6-7,27H2,1H3,(H,21,22). The molecule has 1 atom stereocenters. The lowest BCUT2D eigenvalue weighted by atomic mass is 10.1. The van der Waals surface area contributed by atoms with Crippen molar-refractivity contribution < 1.29 is 13.2 Å². The van der Waals surface area contributed by atoms with E-state index in [9.17, 15) is 8.42 Å². The highest BCUT2D eigenvalue weighted by atomic mass is 127. The molecule has 28 heavy (non-hydrogen) atoms. The minimum absolute atomic E-state index is 0.233. The Morgan fingerprint density at radius 3 is 2.57 bits per heavy atom. The Morgan fingerprint density at radius 1 is 1.21 bits per heavy atom. The van der Waals surface area contributed by atoms with Gasteiger partial charge in [0.15, 0.2) is 0 Å². The lowest BCUT2D eigenvalue weighted by Crippen LogP contribution is -2.24. The van der Waals surface area contributed by atoms with Crippen LogP contribution < -0.4 is 17.9 Å². The van der Waals surface area contributed by atoms with Crippen molar-refractivity contribution in [1.82, 2.24) is 4.98 Å². The number of hydrogen-bond acceptors (Lipinski definition) is 5. The van der Waals surface area contributed by atoms with E-state index in [0.717, 1.165) is 46.2 Å². The number of anilines is 3. The van der Waals surface area contributed by atoms with Gasteiger partial charge in [-0.05, 0) is 49.2 Å². The number of fused-ring (bicyclic) bond motifs is 1. The molecule has 0 aliphatic heterocycles. The number of methoxy groups -OCH3 is 1. The number of nitrogens with one attached hydrogen (secondary N) is 1. The summed E-state index contributed by atoms with van der Waals surface area (Å²) >= 11 is 1.86. The fourth-order valence-corrected chi connectivity index (χ4v) is 6.00. The van der Waals surface area contributed by atoms with E-state index in [4.69, 9.17) is 4.74 Å². The predicted molar refractivity (Wildman–Crippen MR) is 126 cm³/mol. The molecule has 0 spiro atoms. The van der Waals surface area contributed by atoms with Gasteiger partial charge >= 0.3 is 0 Å². The van der Waals surface area contributed by atoms with Gasteiger partial charge in [0.05, 0.1) is 46.4 Å². The number of pyridine rings is 1. The molecule has 4 rings (SSSR count). The first-order valence-corrected chi connectivity index (χ1v) is 11.7. The number of halogens is 1. The Labute approximate surface area is 180 Å². The third kappa shape index (κ3) is 3.77. The van der Waals surface area contributed by atoms with E-state index in [1.807, 2.05) is 65.3 Å². The molecular formula is C19H19IN3O3PS. The van der Waals surface area contributed by atoms with Gasteiger partial charge < -0.3 is 10.1 Å². The van der Waals surface area contributed by atoms with Gasteiger partial charge in [-0.1, -0.05) is 0 Å². The third-order valence-electron chi connectivity index (χ3n) is 4.61. The molecule has 1 fully saturated rings. The second-order valence-electron chi connectivity index (χ2n) is 6.60. The van der Waals surface area contributed by atoms with Gasteiger partial charge in [-0.15, -0.1) is 9.24 Å². The second kappa shape index (κ2) is 7.65. The van der Waals surface area contributed by atoms with Crippen molar-refractivity contribution in [3.8, 4) is 5.75 Å². The second-order valence-corrected chi connectivity index (χ2v) is 10.9. The van der Waals surface area contributed by atoms with Crippen molar-refractivity contribution in [1.29, 1.82) is 0 Å². The molecule has 1 aliphatic carbocycles. The maximum Gasteiger partial charge on any atom is 0.246 e. The van der Waals surface area contributed by atoms with Crippen LogP contribution in [0.25, 0.3) is 10.9 Å². The SMILES string of the molecule is COc1cc2nccc(Nc3ccc(N(I)S(=O)(=O)C4CC4)cc3)c2cc1P. The molecule has 0 radical (unpaired) electrons. The van der Waals surface area contributed by atoms with Crippen LogP contribution in [0, 0.1) is 0 Å². The minimum atomic E-state index is -3.25. The van der Waals surface area contributed by atoms with Crippen LogP contribution in [0.1, 0.15) is 12.8 Å². The molecule has 1 aromatic heterocycles. The molecule has 1 saturated carbocycles. The van der Waals surface area contributed by atoms with E-state index in [2.05, 4.69) is 19.5 Å². The molecule has 1 N–H and O–H groups in total. The number of nitrogens with zero attached hydrogens (tertiary/aromatic N) is 2. The van der Waals surface area contributed by atoms with Crippen molar-refractivity contribution in [2.24, 2.45) is 0 Å². The van der Waals surface area contributed by atoms with Gasteiger partial charge in [0.1, 0.15) is 5.75 Å². The Morgan fingerprint density at radius 2 is 1.93 bits per heavy atom. The third-order valence-corrected chi connectivity index (χ3v) is 9.24. The van der Waals surface area contributed by atoms with Gasteiger partial charge in [0.25, 0.3) is 0 Å². The Kier molecular flexibility index (Phi) is 5.37. The Bertz CT molecular complexity index is 1140. The lowest BCUT2D eigenvalue weighted by molar-refractivity contribution is 0.419. The summed E-state index contributed by atoms with van der Waals surface area (Å²) in [7, 11) is 1.06. The molecule has 1 aliphatic rings. The maximum atomic E-state index is 12.4. The number of aromatic nitrogens is 1. The zero-order valence-corrected chi connectivity index (χ0v) is 19.2. The van der Waals surface area contributed by atoms with Gasteiger partial charge in [0.2, 0.25) is 10.0 Å². The zero-order valence-electron chi connectivity index (χ0n) is 15.1. The maximum absolute atomic E-state index is 12.4. The molecule has 9 heteroatoms. The van der Waals surface area contributed by atoms with Crippen molar-refractivity contribution in [2.45, 2.75) is 18.1 Å². The summed E-state index contributed by atoms with van der Waals surface area (Å²) in [6.45, 7) is 0. The molecule has 146 valence electrons. The summed E-state index contributed by atoms with van der Waals surface area (Å²) in [6.07, 6.45) is 3.24. The zero-order chi connectivity index (χ0) is 19.9. The van der Waals surface area contributed by atoms with Crippen LogP contribution in [0.2, 0.25) is 0 Å². The van der Waals surface area contributed by atoms with Gasteiger partial charge in [-0.2, -0.15) is 0 Å². The summed E-state index contributed by atoms with van der Waals surface area (Å²) in [5.41, 5.74) is 3.26. The van der Waals surface area contributed by atoms with Crippen LogP contribution in [0.15, 0.2) is 48.7 Å². The number of ether oxygens (including phenoxy) is 1. The molecule has 0 amide bonds. The highest BCUT2D eigenvalue weighted by Gasteiger charge is 2.39.